The number of ether oxygens (including phenoxy) is 1. The van der Waals surface area contributed by atoms with E-state index in [2.05, 4.69) is 29.2 Å². The molecule has 0 spiro atoms. The first kappa shape index (κ1) is 12.4. The van der Waals surface area contributed by atoms with Crippen LogP contribution in [0.15, 0.2) is 24.3 Å². The average Bonchev–Trinajstić information content (AvgIpc) is 2.73. The molecule has 2 N–H and O–H groups in total. The number of anilines is 1. The van der Waals surface area contributed by atoms with E-state index in [4.69, 9.17) is 10.5 Å². The molecule has 1 aliphatic rings. The molecular weight excluding hydrogens is 212 g/mol. The van der Waals surface area contributed by atoms with E-state index in [1.165, 1.54) is 11.3 Å². The molecule has 1 aromatic rings. The standard InChI is InChI=1S/C14H22N2O/c1-17-10-4-6-13(15)11-16-9-8-12-5-2-3-7-14(12)16/h2-3,5,7,13H,4,6,8-11,15H2,1H3. The highest BCUT2D eigenvalue weighted by Crippen LogP contribution is 2.27. The molecule has 0 fully saturated rings. The van der Waals surface area contributed by atoms with Gasteiger partial charge in [-0.15, -0.1) is 0 Å². The molecule has 1 aliphatic heterocycles. The normalized spacial score (nSPS) is 16.0. The number of rotatable bonds is 6. The zero-order chi connectivity index (χ0) is 12.1. The van der Waals surface area contributed by atoms with Crippen molar-refractivity contribution in [3.63, 3.8) is 0 Å². The van der Waals surface area contributed by atoms with Gasteiger partial charge in [0.1, 0.15) is 0 Å². The average molecular weight is 234 g/mol. The fourth-order valence-electron chi connectivity index (χ4n) is 2.46. The molecular formula is C14H22N2O. The van der Waals surface area contributed by atoms with E-state index in [1.807, 2.05) is 0 Å². The minimum Gasteiger partial charge on any atom is -0.385 e. The van der Waals surface area contributed by atoms with Crippen LogP contribution in [-0.2, 0) is 11.2 Å². The van der Waals surface area contributed by atoms with Gasteiger partial charge in [0.15, 0.2) is 0 Å². The highest BCUT2D eigenvalue weighted by Gasteiger charge is 2.19. The minimum atomic E-state index is 0.247. The van der Waals surface area contributed by atoms with Crippen LogP contribution in [0, 0.1) is 0 Å². The van der Waals surface area contributed by atoms with Gasteiger partial charge in [-0.1, -0.05) is 18.2 Å². The van der Waals surface area contributed by atoms with E-state index in [-0.39, 0.29) is 6.04 Å². The first-order valence-corrected chi connectivity index (χ1v) is 6.38. The predicted octanol–water partition coefficient (Wildman–Crippen LogP) is 1.80. The van der Waals surface area contributed by atoms with Gasteiger partial charge in [-0.2, -0.15) is 0 Å². The van der Waals surface area contributed by atoms with Crippen molar-refractivity contribution in [2.24, 2.45) is 5.73 Å². The maximum Gasteiger partial charge on any atom is 0.0462 e. The second kappa shape index (κ2) is 6.03. The predicted molar refractivity (Wildman–Crippen MR) is 71.4 cm³/mol. The van der Waals surface area contributed by atoms with Crippen LogP contribution in [0.4, 0.5) is 5.69 Å². The Morgan fingerprint density at radius 3 is 3.06 bits per heavy atom. The summed E-state index contributed by atoms with van der Waals surface area (Å²) < 4.78 is 5.05. The van der Waals surface area contributed by atoms with Crippen LogP contribution >= 0.6 is 0 Å². The number of hydrogen-bond acceptors (Lipinski definition) is 3. The smallest absolute Gasteiger partial charge is 0.0462 e. The zero-order valence-corrected chi connectivity index (χ0v) is 10.6. The first-order chi connectivity index (χ1) is 8.31. The molecule has 0 radical (unpaired) electrons. The van der Waals surface area contributed by atoms with Crippen LogP contribution in [0.2, 0.25) is 0 Å². The van der Waals surface area contributed by atoms with Crippen LogP contribution in [0.3, 0.4) is 0 Å². The van der Waals surface area contributed by atoms with Crippen molar-refractivity contribution in [1.82, 2.24) is 0 Å². The van der Waals surface area contributed by atoms with Crippen molar-refractivity contribution < 1.29 is 4.74 Å². The largest absolute Gasteiger partial charge is 0.385 e. The minimum absolute atomic E-state index is 0.247. The molecule has 94 valence electrons. The summed E-state index contributed by atoms with van der Waals surface area (Å²) in [6, 6.07) is 8.88. The molecule has 2 rings (SSSR count). The zero-order valence-electron chi connectivity index (χ0n) is 10.6. The SMILES string of the molecule is COCCCC(N)CN1CCc2ccccc21. The lowest BCUT2D eigenvalue weighted by Crippen LogP contribution is -2.36. The third-order valence-electron chi connectivity index (χ3n) is 3.36. The van der Waals surface area contributed by atoms with Crippen molar-refractivity contribution in [2.45, 2.75) is 25.3 Å². The van der Waals surface area contributed by atoms with E-state index < -0.39 is 0 Å². The van der Waals surface area contributed by atoms with Gasteiger partial charge < -0.3 is 15.4 Å². The van der Waals surface area contributed by atoms with E-state index in [9.17, 15) is 0 Å². The summed E-state index contributed by atoms with van der Waals surface area (Å²) in [6.07, 6.45) is 3.24. The van der Waals surface area contributed by atoms with Crippen LogP contribution < -0.4 is 10.6 Å². The number of para-hydroxylation sites is 1. The Morgan fingerprint density at radius 1 is 1.41 bits per heavy atom. The molecule has 3 heteroatoms. The van der Waals surface area contributed by atoms with Crippen LogP contribution in [0.25, 0.3) is 0 Å². The Hall–Kier alpha value is -1.06. The Kier molecular flexibility index (Phi) is 4.40. The summed E-state index contributed by atoms with van der Waals surface area (Å²) in [5, 5.41) is 0. The Balaban J connectivity index is 1.84. The summed E-state index contributed by atoms with van der Waals surface area (Å²) >= 11 is 0. The van der Waals surface area contributed by atoms with Crippen LogP contribution in [-0.4, -0.2) is 32.8 Å². The molecule has 17 heavy (non-hydrogen) atoms. The van der Waals surface area contributed by atoms with Crippen molar-refractivity contribution in [2.75, 3.05) is 31.7 Å². The van der Waals surface area contributed by atoms with Crippen LogP contribution in [0.5, 0.6) is 0 Å². The van der Waals surface area contributed by atoms with E-state index in [0.717, 1.165) is 39.0 Å². The van der Waals surface area contributed by atoms with E-state index in [1.54, 1.807) is 7.11 Å². The number of nitrogens with two attached hydrogens (primary N) is 1. The Labute approximate surface area is 104 Å². The maximum absolute atomic E-state index is 6.15. The molecule has 1 atom stereocenters. The number of methoxy groups -OCH3 is 1. The first-order valence-electron chi connectivity index (χ1n) is 6.38. The quantitative estimate of drug-likeness (QED) is 0.763. The van der Waals surface area contributed by atoms with Crippen molar-refractivity contribution in [3.05, 3.63) is 29.8 Å². The molecule has 1 aromatic carbocycles. The fourth-order valence-corrected chi connectivity index (χ4v) is 2.46. The molecule has 0 aromatic heterocycles. The summed E-state index contributed by atoms with van der Waals surface area (Å²) in [6.45, 7) is 2.88. The molecule has 3 nitrogen and oxygen atoms in total. The highest BCUT2D eigenvalue weighted by molar-refractivity contribution is 5.57. The summed E-state index contributed by atoms with van der Waals surface area (Å²) in [5.74, 6) is 0. The topological polar surface area (TPSA) is 38.5 Å². The highest BCUT2D eigenvalue weighted by atomic mass is 16.5. The second-order valence-electron chi connectivity index (χ2n) is 4.72. The second-order valence-corrected chi connectivity index (χ2v) is 4.72. The van der Waals surface area contributed by atoms with Gasteiger partial charge in [0.25, 0.3) is 0 Å². The van der Waals surface area contributed by atoms with Gasteiger partial charge >= 0.3 is 0 Å². The number of nitrogens with zero attached hydrogens (tertiary/aromatic N) is 1. The Bertz CT molecular complexity index is 354. The summed E-state index contributed by atoms with van der Waals surface area (Å²) in [7, 11) is 1.74. The summed E-state index contributed by atoms with van der Waals surface area (Å²) in [5.41, 5.74) is 8.98. The molecule has 0 saturated heterocycles. The number of benzene rings is 1. The van der Waals surface area contributed by atoms with Gasteiger partial charge in [0.2, 0.25) is 0 Å². The van der Waals surface area contributed by atoms with Gasteiger partial charge in [0.05, 0.1) is 0 Å². The van der Waals surface area contributed by atoms with Gasteiger partial charge in [-0.3, -0.25) is 0 Å². The molecule has 0 amide bonds. The van der Waals surface area contributed by atoms with Crippen LogP contribution in [0.1, 0.15) is 18.4 Å². The molecule has 1 heterocycles. The third-order valence-corrected chi connectivity index (χ3v) is 3.36. The fraction of sp³-hybridized carbons (Fsp3) is 0.571. The van der Waals surface area contributed by atoms with Gasteiger partial charge in [-0.05, 0) is 30.9 Å². The van der Waals surface area contributed by atoms with Crippen molar-refractivity contribution >= 4 is 5.69 Å². The molecule has 0 saturated carbocycles. The maximum atomic E-state index is 6.15. The monoisotopic (exact) mass is 234 g/mol. The lowest BCUT2D eigenvalue weighted by molar-refractivity contribution is 0.190. The van der Waals surface area contributed by atoms with Gasteiger partial charge in [0, 0.05) is 38.5 Å². The van der Waals surface area contributed by atoms with Gasteiger partial charge in [-0.25, -0.2) is 0 Å². The molecule has 0 aliphatic carbocycles. The summed E-state index contributed by atoms with van der Waals surface area (Å²) in [4.78, 5) is 2.41. The lowest BCUT2D eigenvalue weighted by atomic mass is 10.1. The molecule has 0 bridgehead atoms. The van der Waals surface area contributed by atoms with E-state index >= 15 is 0 Å². The van der Waals surface area contributed by atoms with Crippen molar-refractivity contribution in [1.29, 1.82) is 0 Å². The van der Waals surface area contributed by atoms with E-state index in [0.29, 0.717) is 0 Å². The van der Waals surface area contributed by atoms with Crippen molar-refractivity contribution in [3.8, 4) is 0 Å². The Morgan fingerprint density at radius 2 is 2.24 bits per heavy atom. The number of fused-ring (bicyclic) bond motifs is 1. The number of hydrogen-bond donors (Lipinski definition) is 1. The molecule has 1 unspecified atom stereocenters. The lowest BCUT2D eigenvalue weighted by Gasteiger charge is -2.23. The third kappa shape index (κ3) is 3.20.